The van der Waals surface area contributed by atoms with E-state index < -0.39 is 5.97 Å². The van der Waals surface area contributed by atoms with Crippen molar-refractivity contribution in [2.24, 2.45) is 0 Å². The predicted octanol–water partition coefficient (Wildman–Crippen LogP) is 3.19. The van der Waals surface area contributed by atoms with Crippen LogP contribution >= 0.6 is 0 Å². The zero-order valence-electron chi connectivity index (χ0n) is 11.4. The lowest BCUT2D eigenvalue weighted by Crippen LogP contribution is -2.00. The molecular weight excluding hydrogens is 270 g/mol. The molecule has 3 aromatic rings. The van der Waals surface area contributed by atoms with Gasteiger partial charge in [0.25, 0.3) is 5.76 Å². The second-order valence-electron chi connectivity index (χ2n) is 4.46. The maximum atomic E-state index is 11.6. The SMILES string of the molecule is COC(=O)c1onc2ccc(OCc3ccccc3)cc12. The van der Waals surface area contributed by atoms with Crippen molar-refractivity contribution < 1.29 is 18.8 Å². The Hall–Kier alpha value is -2.82. The van der Waals surface area contributed by atoms with Gasteiger partial charge in [-0.3, -0.25) is 0 Å². The molecule has 21 heavy (non-hydrogen) atoms. The van der Waals surface area contributed by atoms with Gasteiger partial charge in [-0.15, -0.1) is 0 Å². The molecular formula is C16H13NO4. The summed E-state index contributed by atoms with van der Waals surface area (Å²) in [5.74, 6) is 0.162. The van der Waals surface area contributed by atoms with Gasteiger partial charge in [0.15, 0.2) is 0 Å². The van der Waals surface area contributed by atoms with E-state index in [0.29, 0.717) is 23.3 Å². The van der Waals surface area contributed by atoms with Crippen LogP contribution in [-0.4, -0.2) is 18.2 Å². The fourth-order valence-electron chi connectivity index (χ4n) is 1.99. The topological polar surface area (TPSA) is 61.6 Å². The molecule has 0 atom stereocenters. The minimum atomic E-state index is -0.558. The standard InChI is InChI=1S/C16H13NO4/c1-19-16(18)15-13-9-12(7-8-14(13)17-21-15)20-10-11-5-3-2-4-6-11/h2-9H,10H2,1H3. The molecule has 0 radical (unpaired) electrons. The number of esters is 1. The molecule has 0 amide bonds. The largest absolute Gasteiger partial charge is 0.489 e. The van der Waals surface area contributed by atoms with E-state index in [2.05, 4.69) is 9.89 Å². The van der Waals surface area contributed by atoms with Crippen molar-refractivity contribution in [1.29, 1.82) is 0 Å². The summed E-state index contributed by atoms with van der Waals surface area (Å²) in [4.78, 5) is 11.6. The monoisotopic (exact) mass is 283 g/mol. The average Bonchev–Trinajstić information content (AvgIpc) is 2.96. The van der Waals surface area contributed by atoms with Gasteiger partial charge < -0.3 is 14.0 Å². The van der Waals surface area contributed by atoms with Crippen LogP contribution in [0.2, 0.25) is 0 Å². The molecule has 3 rings (SSSR count). The van der Waals surface area contributed by atoms with Crippen molar-refractivity contribution in [3.05, 3.63) is 59.9 Å². The Morgan fingerprint density at radius 1 is 1.19 bits per heavy atom. The van der Waals surface area contributed by atoms with Crippen molar-refractivity contribution >= 4 is 16.9 Å². The lowest BCUT2D eigenvalue weighted by Gasteiger charge is -2.06. The third kappa shape index (κ3) is 2.72. The van der Waals surface area contributed by atoms with Gasteiger partial charge >= 0.3 is 5.97 Å². The van der Waals surface area contributed by atoms with Crippen molar-refractivity contribution in [3.8, 4) is 5.75 Å². The number of rotatable bonds is 4. The van der Waals surface area contributed by atoms with Crippen LogP contribution in [0.15, 0.2) is 53.1 Å². The minimum absolute atomic E-state index is 0.0812. The Labute approximate surface area is 121 Å². The van der Waals surface area contributed by atoms with Crippen LogP contribution in [0.5, 0.6) is 5.75 Å². The summed E-state index contributed by atoms with van der Waals surface area (Å²) in [5, 5.41) is 4.39. The normalized spacial score (nSPS) is 10.5. The summed E-state index contributed by atoms with van der Waals surface area (Å²) in [7, 11) is 1.30. The van der Waals surface area contributed by atoms with Crippen LogP contribution in [0.4, 0.5) is 0 Å². The predicted molar refractivity (Wildman–Crippen MR) is 76.1 cm³/mol. The van der Waals surface area contributed by atoms with Gasteiger partial charge in [-0.25, -0.2) is 4.79 Å². The van der Waals surface area contributed by atoms with Crippen molar-refractivity contribution in [1.82, 2.24) is 5.16 Å². The van der Waals surface area contributed by atoms with E-state index in [1.165, 1.54) is 7.11 Å². The van der Waals surface area contributed by atoms with E-state index in [1.54, 1.807) is 18.2 Å². The van der Waals surface area contributed by atoms with E-state index in [0.717, 1.165) is 5.56 Å². The molecule has 0 aliphatic carbocycles. The van der Waals surface area contributed by atoms with Gasteiger partial charge in [0.1, 0.15) is 17.9 Å². The van der Waals surface area contributed by atoms with Crippen LogP contribution in [-0.2, 0) is 11.3 Å². The highest BCUT2D eigenvalue weighted by Gasteiger charge is 2.17. The van der Waals surface area contributed by atoms with Crippen LogP contribution in [0.25, 0.3) is 10.9 Å². The second kappa shape index (κ2) is 5.66. The zero-order chi connectivity index (χ0) is 14.7. The molecule has 0 aliphatic heterocycles. The van der Waals surface area contributed by atoms with Crippen LogP contribution in [0, 0.1) is 0 Å². The minimum Gasteiger partial charge on any atom is -0.489 e. The number of nitrogens with zero attached hydrogens (tertiary/aromatic N) is 1. The summed E-state index contributed by atoms with van der Waals surface area (Å²) >= 11 is 0. The van der Waals surface area contributed by atoms with Gasteiger partial charge in [0.05, 0.1) is 12.5 Å². The number of ether oxygens (including phenoxy) is 2. The van der Waals surface area contributed by atoms with Crippen LogP contribution in [0.1, 0.15) is 16.1 Å². The fourth-order valence-corrected chi connectivity index (χ4v) is 1.99. The number of hydrogen-bond acceptors (Lipinski definition) is 5. The van der Waals surface area contributed by atoms with E-state index >= 15 is 0 Å². The Bertz CT molecular complexity index is 764. The number of carbonyl (C=O) groups excluding carboxylic acids is 1. The summed E-state index contributed by atoms with van der Waals surface area (Å²) < 4.78 is 15.4. The summed E-state index contributed by atoms with van der Waals surface area (Å²) in [6.07, 6.45) is 0. The van der Waals surface area contributed by atoms with Gasteiger partial charge in [-0.2, -0.15) is 0 Å². The number of fused-ring (bicyclic) bond motifs is 1. The first-order chi connectivity index (χ1) is 10.3. The summed E-state index contributed by atoms with van der Waals surface area (Å²) in [6.45, 7) is 0.450. The maximum Gasteiger partial charge on any atom is 0.377 e. The molecule has 106 valence electrons. The highest BCUT2D eigenvalue weighted by molar-refractivity contribution is 6.01. The van der Waals surface area contributed by atoms with Crippen molar-refractivity contribution in [3.63, 3.8) is 0 Å². The molecule has 0 aliphatic rings. The van der Waals surface area contributed by atoms with Crippen molar-refractivity contribution in [2.75, 3.05) is 7.11 Å². The van der Waals surface area contributed by atoms with Gasteiger partial charge in [0, 0.05) is 0 Å². The molecule has 5 heteroatoms. The van der Waals surface area contributed by atoms with Crippen molar-refractivity contribution in [2.45, 2.75) is 6.61 Å². The molecule has 0 saturated carbocycles. The van der Waals surface area contributed by atoms with Gasteiger partial charge in [-0.1, -0.05) is 35.5 Å². The first kappa shape index (κ1) is 13.2. The molecule has 5 nitrogen and oxygen atoms in total. The van der Waals surface area contributed by atoms with E-state index in [9.17, 15) is 4.79 Å². The summed E-state index contributed by atoms with van der Waals surface area (Å²) in [6, 6.07) is 15.1. The number of aromatic nitrogens is 1. The van der Waals surface area contributed by atoms with Crippen LogP contribution < -0.4 is 4.74 Å². The van der Waals surface area contributed by atoms with Gasteiger partial charge in [0.2, 0.25) is 0 Å². The van der Waals surface area contributed by atoms with Crippen LogP contribution in [0.3, 0.4) is 0 Å². The van der Waals surface area contributed by atoms with E-state index in [-0.39, 0.29) is 5.76 Å². The highest BCUT2D eigenvalue weighted by atomic mass is 16.5. The Balaban J connectivity index is 1.84. The Kier molecular flexibility index (Phi) is 3.55. The molecule has 0 unspecified atom stereocenters. The number of benzene rings is 2. The molecule has 1 heterocycles. The Morgan fingerprint density at radius 2 is 2.00 bits per heavy atom. The molecule has 0 spiro atoms. The molecule has 0 N–H and O–H groups in total. The molecule has 1 aromatic heterocycles. The summed E-state index contributed by atoms with van der Waals surface area (Å²) in [5.41, 5.74) is 1.65. The molecule has 0 bridgehead atoms. The highest BCUT2D eigenvalue weighted by Crippen LogP contribution is 2.24. The zero-order valence-corrected chi connectivity index (χ0v) is 11.4. The second-order valence-corrected chi connectivity index (χ2v) is 4.46. The first-order valence-electron chi connectivity index (χ1n) is 6.42. The third-order valence-corrected chi connectivity index (χ3v) is 3.07. The average molecular weight is 283 g/mol. The smallest absolute Gasteiger partial charge is 0.377 e. The van der Waals surface area contributed by atoms with E-state index in [1.807, 2.05) is 30.3 Å². The molecule has 0 fully saturated rings. The Morgan fingerprint density at radius 3 is 2.76 bits per heavy atom. The first-order valence-corrected chi connectivity index (χ1v) is 6.42. The third-order valence-electron chi connectivity index (χ3n) is 3.07. The molecule has 2 aromatic carbocycles. The number of hydrogen-bond donors (Lipinski definition) is 0. The fraction of sp³-hybridized carbons (Fsp3) is 0.125. The number of carbonyl (C=O) groups is 1. The lowest BCUT2D eigenvalue weighted by molar-refractivity contribution is 0.0558. The molecule has 0 saturated heterocycles. The maximum absolute atomic E-state index is 11.6. The van der Waals surface area contributed by atoms with E-state index in [4.69, 9.17) is 9.26 Å². The van der Waals surface area contributed by atoms with Gasteiger partial charge in [-0.05, 0) is 23.8 Å². The quantitative estimate of drug-likeness (QED) is 0.688. The lowest BCUT2D eigenvalue weighted by atomic mass is 10.2. The number of methoxy groups -OCH3 is 1.